The van der Waals surface area contributed by atoms with Crippen molar-refractivity contribution < 1.29 is 33.8 Å². The molecule has 1 fully saturated rings. The van der Waals surface area contributed by atoms with E-state index in [-0.39, 0.29) is 35.3 Å². The lowest BCUT2D eigenvalue weighted by atomic mass is 10.1. The molecular weight excluding hydrogens is 617 g/mol. The molecule has 3 N–H and O–H groups in total. The number of carbonyl (C=O) groups is 4. The molecule has 0 aliphatic carbocycles. The van der Waals surface area contributed by atoms with Crippen LogP contribution in [0.25, 0.3) is 6.08 Å². The summed E-state index contributed by atoms with van der Waals surface area (Å²) >= 11 is 2.00. The number of barbiturate groups is 1. The third-order valence-corrected chi connectivity index (χ3v) is 6.59. The fourth-order valence-corrected chi connectivity index (χ4v) is 4.60. The van der Waals surface area contributed by atoms with Crippen molar-refractivity contribution in [1.29, 1.82) is 0 Å². The van der Waals surface area contributed by atoms with Crippen molar-refractivity contribution >= 4 is 63.8 Å². The highest BCUT2D eigenvalue weighted by Gasteiger charge is 2.36. The Morgan fingerprint density at radius 1 is 1.08 bits per heavy atom. The lowest BCUT2D eigenvalue weighted by Crippen LogP contribution is -2.54. The van der Waals surface area contributed by atoms with Crippen molar-refractivity contribution in [2.75, 3.05) is 23.9 Å². The quantitative estimate of drug-likeness (QED) is 0.199. The van der Waals surface area contributed by atoms with Crippen LogP contribution in [0, 0.1) is 17.4 Å². The van der Waals surface area contributed by atoms with Crippen LogP contribution >= 0.6 is 22.6 Å². The van der Waals surface area contributed by atoms with E-state index in [1.807, 2.05) is 54.6 Å². The number of benzene rings is 3. The molecular formula is C28H24IN3O7. The van der Waals surface area contributed by atoms with Crippen molar-refractivity contribution in [3.63, 3.8) is 0 Å². The maximum absolute atomic E-state index is 13.1. The van der Waals surface area contributed by atoms with Crippen molar-refractivity contribution in [2.45, 2.75) is 13.8 Å². The highest BCUT2D eigenvalue weighted by atomic mass is 127. The fourth-order valence-electron chi connectivity index (χ4n) is 3.82. The molecule has 3 aromatic carbocycles. The van der Waals surface area contributed by atoms with Gasteiger partial charge in [-0.1, -0.05) is 12.1 Å². The summed E-state index contributed by atoms with van der Waals surface area (Å²) in [5.41, 5.74) is 2.97. The van der Waals surface area contributed by atoms with Crippen LogP contribution in [0.3, 0.4) is 0 Å². The van der Waals surface area contributed by atoms with E-state index in [1.165, 1.54) is 37.5 Å². The first-order chi connectivity index (χ1) is 18.6. The number of hydrogen-bond acceptors (Lipinski definition) is 7. The Morgan fingerprint density at radius 2 is 1.79 bits per heavy atom. The predicted octanol–water partition coefficient (Wildman–Crippen LogP) is 4.31. The molecule has 0 spiro atoms. The molecule has 0 atom stereocenters. The largest absolute Gasteiger partial charge is 0.508 e. The minimum atomic E-state index is -0.900. The van der Waals surface area contributed by atoms with E-state index in [0.717, 1.165) is 16.0 Å². The van der Waals surface area contributed by atoms with Gasteiger partial charge in [0.05, 0.1) is 16.4 Å². The molecule has 1 heterocycles. The highest BCUT2D eigenvalue weighted by molar-refractivity contribution is 14.1. The molecule has 5 amide bonds. The van der Waals surface area contributed by atoms with Crippen molar-refractivity contribution in [3.05, 3.63) is 80.4 Å². The molecule has 0 radical (unpaired) electrons. The second-order valence-electron chi connectivity index (χ2n) is 8.66. The van der Waals surface area contributed by atoms with E-state index >= 15 is 0 Å². The second-order valence-corrected chi connectivity index (χ2v) is 9.83. The monoisotopic (exact) mass is 641 g/mol. The van der Waals surface area contributed by atoms with Gasteiger partial charge in [0.25, 0.3) is 17.7 Å². The average Bonchev–Trinajstić information content (AvgIpc) is 2.88. The van der Waals surface area contributed by atoms with Gasteiger partial charge in [-0.2, -0.15) is 0 Å². The van der Waals surface area contributed by atoms with Crippen LogP contribution in [-0.4, -0.2) is 42.6 Å². The van der Waals surface area contributed by atoms with Gasteiger partial charge in [0.15, 0.2) is 18.1 Å². The van der Waals surface area contributed by atoms with Gasteiger partial charge in [0, 0.05) is 5.69 Å². The molecule has 39 heavy (non-hydrogen) atoms. The molecule has 1 aliphatic heterocycles. The number of urea groups is 1. The normalized spacial score (nSPS) is 14.3. The van der Waals surface area contributed by atoms with E-state index in [2.05, 4.69) is 10.6 Å². The SMILES string of the molecule is COc1cc(/C=C2/C(=O)NC(=O)N(c3ccc(O)cc3)C2=O)cc(I)c1OCC(=O)Nc1cc(C)ccc1C. The van der Waals surface area contributed by atoms with Crippen LogP contribution in [-0.2, 0) is 14.4 Å². The van der Waals surface area contributed by atoms with Crippen LogP contribution in [0.4, 0.5) is 16.2 Å². The van der Waals surface area contributed by atoms with E-state index in [9.17, 15) is 24.3 Å². The van der Waals surface area contributed by atoms with Gasteiger partial charge in [0.1, 0.15) is 11.3 Å². The zero-order chi connectivity index (χ0) is 28.3. The van der Waals surface area contributed by atoms with Crippen molar-refractivity contribution in [3.8, 4) is 17.2 Å². The Kier molecular flexibility index (Phi) is 8.19. The number of ether oxygens (including phenoxy) is 2. The fraction of sp³-hybridized carbons (Fsp3) is 0.143. The number of phenols is 1. The molecule has 3 aromatic rings. The zero-order valence-electron chi connectivity index (χ0n) is 21.2. The summed E-state index contributed by atoms with van der Waals surface area (Å²) in [7, 11) is 1.43. The van der Waals surface area contributed by atoms with Crippen molar-refractivity contribution in [2.24, 2.45) is 0 Å². The molecule has 200 valence electrons. The summed E-state index contributed by atoms with van der Waals surface area (Å²) in [5.74, 6) is -1.47. The molecule has 0 unspecified atom stereocenters. The van der Waals surface area contributed by atoms with Gasteiger partial charge in [0.2, 0.25) is 0 Å². The summed E-state index contributed by atoms with van der Waals surface area (Å²) < 4.78 is 11.8. The predicted molar refractivity (Wildman–Crippen MR) is 153 cm³/mol. The summed E-state index contributed by atoms with van der Waals surface area (Å²) in [4.78, 5) is 51.4. The summed E-state index contributed by atoms with van der Waals surface area (Å²) in [6.07, 6.45) is 1.33. The van der Waals surface area contributed by atoms with E-state index in [4.69, 9.17) is 9.47 Å². The molecule has 11 heteroatoms. The third-order valence-electron chi connectivity index (χ3n) is 5.79. The summed E-state index contributed by atoms with van der Waals surface area (Å²) in [6.45, 7) is 3.56. The maximum atomic E-state index is 13.1. The maximum Gasteiger partial charge on any atom is 0.335 e. The first-order valence-corrected chi connectivity index (χ1v) is 12.7. The van der Waals surface area contributed by atoms with Gasteiger partial charge in [-0.3, -0.25) is 19.7 Å². The minimum absolute atomic E-state index is 0.0396. The van der Waals surface area contributed by atoms with Gasteiger partial charge in [-0.25, -0.2) is 9.69 Å². The van der Waals surface area contributed by atoms with Gasteiger partial charge < -0.3 is 19.9 Å². The highest BCUT2D eigenvalue weighted by Crippen LogP contribution is 2.35. The number of aryl methyl sites for hydroxylation is 2. The van der Waals surface area contributed by atoms with Crippen LogP contribution < -0.4 is 25.0 Å². The summed E-state index contributed by atoms with van der Waals surface area (Å²) in [6, 6.07) is 13.5. The Morgan fingerprint density at radius 3 is 2.49 bits per heavy atom. The lowest BCUT2D eigenvalue weighted by Gasteiger charge is -2.26. The average molecular weight is 641 g/mol. The lowest BCUT2D eigenvalue weighted by molar-refractivity contribution is -0.122. The number of anilines is 2. The number of amides is 5. The number of rotatable bonds is 7. The smallest absolute Gasteiger partial charge is 0.335 e. The first-order valence-electron chi connectivity index (χ1n) is 11.7. The summed E-state index contributed by atoms with van der Waals surface area (Å²) in [5, 5.41) is 14.5. The number of halogens is 1. The number of methoxy groups -OCH3 is 1. The Labute approximate surface area is 237 Å². The van der Waals surface area contributed by atoms with Crippen molar-refractivity contribution in [1.82, 2.24) is 5.32 Å². The van der Waals surface area contributed by atoms with Crippen LogP contribution in [0.5, 0.6) is 17.2 Å². The molecule has 10 nitrogen and oxygen atoms in total. The number of nitrogens with zero attached hydrogens (tertiary/aromatic N) is 1. The first kappa shape index (κ1) is 27.6. The van der Waals surface area contributed by atoms with E-state index in [1.54, 1.807) is 12.1 Å². The molecule has 0 bridgehead atoms. The van der Waals surface area contributed by atoms with Gasteiger partial charge in [-0.05, 0) is 102 Å². The second kappa shape index (κ2) is 11.6. The minimum Gasteiger partial charge on any atom is -0.508 e. The van der Waals surface area contributed by atoms with Gasteiger partial charge in [-0.15, -0.1) is 0 Å². The van der Waals surface area contributed by atoms with Gasteiger partial charge >= 0.3 is 6.03 Å². The topological polar surface area (TPSA) is 134 Å². The molecule has 1 saturated heterocycles. The number of hydrogen-bond donors (Lipinski definition) is 3. The third kappa shape index (κ3) is 6.20. The van der Waals surface area contributed by atoms with E-state index in [0.29, 0.717) is 20.6 Å². The molecule has 1 aliphatic rings. The number of aromatic hydroxyl groups is 1. The number of carbonyl (C=O) groups excluding carboxylic acids is 4. The number of imide groups is 2. The standard InChI is InChI=1S/C28H24IN3O7/c1-15-4-5-16(2)22(10-15)30-24(34)14-39-25-21(29)12-17(13-23(25)38-3)11-20-26(35)31-28(37)32(27(20)36)18-6-8-19(33)9-7-18/h4-13,33H,14H2,1-3H3,(H,30,34)(H,31,35,37)/b20-11-. The zero-order valence-corrected chi connectivity index (χ0v) is 23.4. The molecule has 0 saturated carbocycles. The Balaban J connectivity index is 1.55. The molecule has 0 aromatic heterocycles. The Hall–Kier alpha value is -4.39. The van der Waals surface area contributed by atoms with Crippen LogP contribution in [0.2, 0.25) is 0 Å². The van der Waals surface area contributed by atoms with E-state index < -0.39 is 17.8 Å². The number of nitrogens with one attached hydrogen (secondary N) is 2. The molecule has 4 rings (SSSR count). The van der Waals surface area contributed by atoms with Crippen LogP contribution in [0.1, 0.15) is 16.7 Å². The number of phenolic OH excluding ortho intramolecular Hbond substituents is 1. The Bertz CT molecular complexity index is 1520. The van der Waals surface area contributed by atoms with Crippen LogP contribution in [0.15, 0.2) is 60.2 Å².